The van der Waals surface area contributed by atoms with Crippen LogP contribution in [0.2, 0.25) is 0 Å². The lowest BCUT2D eigenvalue weighted by atomic mass is 9.97. The van der Waals surface area contributed by atoms with Gasteiger partial charge in [-0.25, -0.2) is 9.97 Å². The standard InChI is InChI=1S/C20H22F3N5O5/c1-31-12-2-3-15(14(6-12)20(21,22)23)33-13-8-25-16(26-9-13)10-27-18(30)19(4-5-32-11-19)28-17(29)7-24/h2-3,6,8-9H,4-5,7,10-11,24H2,1H3,(H,27,30)(H,28,29). The van der Waals surface area contributed by atoms with Crippen LogP contribution in [0.4, 0.5) is 13.2 Å². The van der Waals surface area contributed by atoms with Crippen molar-refractivity contribution in [1.29, 1.82) is 0 Å². The van der Waals surface area contributed by atoms with E-state index in [0.717, 1.165) is 12.1 Å². The Labute approximate surface area is 186 Å². The number of hydrogen-bond acceptors (Lipinski definition) is 8. The lowest BCUT2D eigenvalue weighted by Gasteiger charge is -2.27. The van der Waals surface area contributed by atoms with Gasteiger partial charge in [0.25, 0.3) is 0 Å². The zero-order valence-electron chi connectivity index (χ0n) is 17.6. The molecular weight excluding hydrogens is 447 g/mol. The molecule has 33 heavy (non-hydrogen) atoms. The van der Waals surface area contributed by atoms with Crippen molar-refractivity contribution < 1.29 is 37.0 Å². The molecule has 13 heteroatoms. The molecule has 2 heterocycles. The highest BCUT2D eigenvalue weighted by molar-refractivity contribution is 5.92. The molecule has 1 aromatic carbocycles. The first-order chi connectivity index (χ1) is 15.7. The second-order valence-electron chi connectivity index (χ2n) is 7.12. The highest BCUT2D eigenvalue weighted by Crippen LogP contribution is 2.39. The Balaban J connectivity index is 1.65. The summed E-state index contributed by atoms with van der Waals surface area (Å²) in [6, 6.07) is 3.29. The average Bonchev–Trinajstić information content (AvgIpc) is 3.27. The second kappa shape index (κ2) is 10.0. The van der Waals surface area contributed by atoms with E-state index in [4.69, 9.17) is 19.9 Å². The third kappa shape index (κ3) is 5.87. The number of ether oxygens (including phenoxy) is 3. The van der Waals surface area contributed by atoms with E-state index in [-0.39, 0.29) is 43.4 Å². The maximum atomic E-state index is 13.3. The Hall–Kier alpha value is -3.45. The van der Waals surface area contributed by atoms with Gasteiger partial charge in [0.15, 0.2) is 5.75 Å². The normalized spacial score (nSPS) is 18.0. The summed E-state index contributed by atoms with van der Waals surface area (Å²) in [6.07, 6.45) is -2.01. The van der Waals surface area contributed by atoms with Crippen LogP contribution in [0.5, 0.6) is 17.2 Å². The molecule has 1 unspecified atom stereocenters. The van der Waals surface area contributed by atoms with Gasteiger partial charge in [-0.05, 0) is 18.2 Å². The van der Waals surface area contributed by atoms with Crippen molar-refractivity contribution in [3.63, 3.8) is 0 Å². The zero-order valence-corrected chi connectivity index (χ0v) is 17.6. The lowest BCUT2D eigenvalue weighted by Crippen LogP contribution is -2.60. The van der Waals surface area contributed by atoms with Crippen LogP contribution in [-0.4, -0.2) is 54.2 Å². The number of benzene rings is 1. The highest BCUT2D eigenvalue weighted by atomic mass is 19.4. The first kappa shape index (κ1) is 24.2. The van der Waals surface area contributed by atoms with E-state index in [1.54, 1.807) is 0 Å². The van der Waals surface area contributed by atoms with Crippen LogP contribution in [0, 0.1) is 0 Å². The van der Waals surface area contributed by atoms with Gasteiger partial charge < -0.3 is 30.6 Å². The molecule has 10 nitrogen and oxygen atoms in total. The fraction of sp³-hybridized carbons (Fsp3) is 0.400. The summed E-state index contributed by atoms with van der Waals surface area (Å²) in [7, 11) is 1.26. The number of hydrogen-bond donors (Lipinski definition) is 3. The quantitative estimate of drug-likeness (QED) is 0.524. The summed E-state index contributed by atoms with van der Waals surface area (Å²) in [5.41, 5.74) is 3.06. The fourth-order valence-corrected chi connectivity index (χ4v) is 3.11. The summed E-state index contributed by atoms with van der Waals surface area (Å²) < 4.78 is 55.3. The Morgan fingerprint density at radius 3 is 2.55 bits per heavy atom. The number of aromatic nitrogens is 2. The first-order valence-corrected chi connectivity index (χ1v) is 9.78. The average molecular weight is 469 g/mol. The lowest BCUT2D eigenvalue weighted by molar-refractivity contribution is -0.138. The number of amides is 2. The molecule has 1 saturated heterocycles. The van der Waals surface area contributed by atoms with Gasteiger partial charge in [-0.3, -0.25) is 9.59 Å². The highest BCUT2D eigenvalue weighted by Gasteiger charge is 2.43. The van der Waals surface area contributed by atoms with E-state index in [9.17, 15) is 22.8 Å². The number of halogens is 3. The van der Waals surface area contributed by atoms with E-state index in [1.807, 2.05) is 0 Å². The van der Waals surface area contributed by atoms with E-state index in [0.29, 0.717) is 6.61 Å². The summed E-state index contributed by atoms with van der Waals surface area (Å²) in [5.74, 6) is -1.24. The van der Waals surface area contributed by atoms with Crippen molar-refractivity contribution in [2.45, 2.75) is 24.7 Å². The number of nitrogens with zero attached hydrogens (tertiary/aromatic N) is 2. The molecule has 1 aliphatic heterocycles. The predicted octanol–water partition coefficient (Wildman–Crippen LogP) is 1.15. The molecule has 2 aromatic rings. The molecule has 1 atom stereocenters. The van der Waals surface area contributed by atoms with Crippen LogP contribution in [0.1, 0.15) is 17.8 Å². The smallest absolute Gasteiger partial charge is 0.420 e. The minimum absolute atomic E-state index is 0.00160. The summed E-state index contributed by atoms with van der Waals surface area (Å²) in [6.45, 7) is -0.0623. The van der Waals surface area contributed by atoms with Gasteiger partial charge in [-0.1, -0.05) is 0 Å². The van der Waals surface area contributed by atoms with Crippen LogP contribution in [0.3, 0.4) is 0 Å². The van der Waals surface area contributed by atoms with Crippen molar-refractivity contribution in [2.24, 2.45) is 5.73 Å². The fourth-order valence-electron chi connectivity index (χ4n) is 3.11. The summed E-state index contributed by atoms with van der Waals surface area (Å²) in [5, 5.41) is 5.20. The third-order valence-electron chi connectivity index (χ3n) is 4.83. The van der Waals surface area contributed by atoms with Crippen LogP contribution >= 0.6 is 0 Å². The van der Waals surface area contributed by atoms with Crippen molar-refractivity contribution in [2.75, 3.05) is 26.9 Å². The molecule has 0 spiro atoms. The SMILES string of the molecule is COc1ccc(Oc2cnc(CNC(=O)C3(NC(=O)CN)CCOC3)nc2)c(C(F)(F)F)c1. The molecule has 0 aliphatic carbocycles. The largest absolute Gasteiger partial charge is 0.497 e. The van der Waals surface area contributed by atoms with Crippen LogP contribution in [-0.2, 0) is 27.0 Å². The van der Waals surface area contributed by atoms with Gasteiger partial charge >= 0.3 is 6.18 Å². The monoisotopic (exact) mass is 469 g/mol. The van der Waals surface area contributed by atoms with Crippen LogP contribution in [0.15, 0.2) is 30.6 Å². The molecule has 2 amide bonds. The number of carbonyl (C=O) groups is 2. The Kier molecular flexibility index (Phi) is 7.33. The van der Waals surface area contributed by atoms with Gasteiger partial charge in [-0.2, -0.15) is 13.2 Å². The number of alkyl halides is 3. The molecule has 0 saturated carbocycles. The van der Waals surface area contributed by atoms with Gasteiger partial charge in [0.05, 0.1) is 39.2 Å². The molecule has 1 aromatic heterocycles. The Bertz CT molecular complexity index is 995. The Morgan fingerprint density at radius 2 is 1.97 bits per heavy atom. The minimum atomic E-state index is -4.66. The number of nitrogens with two attached hydrogens (primary N) is 1. The second-order valence-corrected chi connectivity index (χ2v) is 7.12. The van der Waals surface area contributed by atoms with Gasteiger partial charge in [0, 0.05) is 13.0 Å². The number of nitrogens with one attached hydrogen (secondary N) is 2. The van der Waals surface area contributed by atoms with E-state index >= 15 is 0 Å². The molecule has 3 rings (SSSR count). The van der Waals surface area contributed by atoms with Gasteiger partial charge in [0.2, 0.25) is 11.8 Å². The van der Waals surface area contributed by atoms with Crippen LogP contribution in [0.25, 0.3) is 0 Å². The molecule has 1 fully saturated rings. The zero-order chi connectivity index (χ0) is 24.1. The van der Waals surface area contributed by atoms with Crippen molar-refractivity contribution in [1.82, 2.24) is 20.6 Å². The predicted molar refractivity (Wildman–Crippen MR) is 107 cm³/mol. The molecule has 0 bridgehead atoms. The minimum Gasteiger partial charge on any atom is -0.497 e. The molecule has 0 radical (unpaired) electrons. The maximum Gasteiger partial charge on any atom is 0.420 e. The van der Waals surface area contributed by atoms with E-state index < -0.39 is 34.8 Å². The number of rotatable bonds is 8. The molecule has 4 N–H and O–H groups in total. The third-order valence-corrected chi connectivity index (χ3v) is 4.83. The van der Waals surface area contributed by atoms with Gasteiger partial charge in [-0.15, -0.1) is 0 Å². The number of carbonyl (C=O) groups excluding carboxylic acids is 2. The van der Waals surface area contributed by atoms with Crippen molar-refractivity contribution >= 4 is 11.8 Å². The Morgan fingerprint density at radius 1 is 1.24 bits per heavy atom. The molecular formula is C20H22F3N5O5. The van der Waals surface area contributed by atoms with Crippen molar-refractivity contribution in [3.05, 3.63) is 42.0 Å². The van der Waals surface area contributed by atoms with Crippen molar-refractivity contribution in [3.8, 4) is 17.2 Å². The van der Waals surface area contributed by atoms with E-state index in [1.165, 1.54) is 25.6 Å². The first-order valence-electron chi connectivity index (χ1n) is 9.78. The molecule has 178 valence electrons. The topological polar surface area (TPSA) is 138 Å². The van der Waals surface area contributed by atoms with Crippen LogP contribution < -0.4 is 25.8 Å². The summed E-state index contributed by atoms with van der Waals surface area (Å²) in [4.78, 5) is 32.3. The molecule has 1 aliphatic rings. The summed E-state index contributed by atoms with van der Waals surface area (Å²) >= 11 is 0. The number of methoxy groups -OCH3 is 1. The maximum absolute atomic E-state index is 13.3. The van der Waals surface area contributed by atoms with Gasteiger partial charge in [0.1, 0.15) is 28.4 Å². The van der Waals surface area contributed by atoms with E-state index in [2.05, 4.69) is 20.6 Å².